The lowest BCUT2D eigenvalue weighted by Gasteiger charge is -2.31. The number of amides is 2. The van der Waals surface area contributed by atoms with Crippen LogP contribution in [0.5, 0.6) is 0 Å². The van der Waals surface area contributed by atoms with Gasteiger partial charge in [0, 0.05) is 13.1 Å². The maximum absolute atomic E-state index is 12.4. The van der Waals surface area contributed by atoms with Gasteiger partial charge in [-0.2, -0.15) is 0 Å². The van der Waals surface area contributed by atoms with E-state index in [9.17, 15) is 14.7 Å². The Morgan fingerprint density at radius 1 is 1.15 bits per heavy atom. The standard InChI is InChI=1S/C19H28N2O5/c1-14-16(22)12-20(10-11-21(14)18(24)26-19(2,3)4)17(23)25-13-15-8-6-5-7-9-15/h5-9,14,16,22H,10-13H2,1-4H3/t14-,16?/m1/s1. The Morgan fingerprint density at radius 3 is 2.42 bits per heavy atom. The number of carbonyl (C=O) groups is 2. The molecule has 1 saturated heterocycles. The van der Waals surface area contributed by atoms with E-state index >= 15 is 0 Å². The van der Waals surface area contributed by atoms with Crippen molar-refractivity contribution in [3.05, 3.63) is 35.9 Å². The summed E-state index contributed by atoms with van der Waals surface area (Å²) in [6.45, 7) is 7.92. The lowest BCUT2D eigenvalue weighted by molar-refractivity contribution is 0.00335. The van der Waals surface area contributed by atoms with Gasteiger partial charge >= 0.3 is 12.2 Å². The number of β-amino-alcohol motifs (C(OH)–C–C–N with tert-alkyl or cyclic N) is 1. The average Bonchev–Trinajstić information content (AvgIpc) is 2.71. The molecule has 0 aromatic heterocycles. The van der Waals surface area contributed by atoms with E-state index in [0.717, 1.165) is 5.56 Å². The van der Waals surface area contributed by atoms with E-state index in [1.165, 1.54) is 9.80 Å². The molecule has 0 radical (unpaired) electrons. The third-order valence-corrected chi connectivity index (χ3v) is 4.16. The van der Waals surface area contributed by atoms with Crippen molar-refractivity contribution in [2.24, 2.45) is 0 Å². The molecule has 0 saturated carbocycles. The molecule has 1 aromatic carbocycles. The summed E-state index contributed by atoms with van der Waals surface area (Å²) >= 11 is 0. The topological polar surface area (TPSA) is 79.3 Å². The molecule has 7 heteroatoms. The van der Waals surface area contributed by atoms with Crippen LogP contribution in [0.4, 0.5) is 9.59 Å². The fraction of sp³-hybridized carbons (Fsp3) is 0.579. The number of aliphatic hydroxyl groups excluding tert-OH is 1. The molecule has 2 atom stereocenters. The van der Waals surface area contributed by atoms with Crippen molar-refractivity contribution < 1.29 is 24.2 Å². The van der Waals surface area contributed by atoms with Gasteiger partial charge in [0.2, 0.25) is 0 Å². The van der Waals surface area contributed by atoms with Gasteiger partial charge in [0.05, 0.1) is 18.7 Å². The lowest BCUT2D eigenvalue weighted by Crippen LogP contribution is -2.47. The predicted octanol–water partition coefficient (Wildman–Crippen LogP) is 2.63. The van der Waals surface area contributed by atoms with Crippen molar-refractivity contribution in [3.8, 4) is 0 Å². The number of nitrogens with zero attached hydrogens (tertiary/aromatic N) is 2. The molecule has 7 nitrogen and oxygen atoms in total. The summed E-state index contributed by atoms with van der Waals surface area (Å²) in [5.74, 6) is 0. The lowest BCUT2D eigenvalue weighted by atomic mass is 10.1. The molecule has 1 aromatic rings. The van der Waals surface area contributed by atoms with Crippen LogP contribution in [0.1, 0.15) is 33.3 Å². The number of carbonyl (C=O) groups excluding carboxylic acids is 2. The minimum absolute atomic E-state index is 0.105. The highest BCUT2D eigenvalue weighted by Gasteiger charge is 2.35. The molecule has 1 fully saturated rings. The summed E-state index contributed by atoms with van der Waals surface area (Å²) in [5, 5.41) is 10.4. The van der Waals surface area contributed by atoms with Crippen LogP contribution < -0.4 is 0 Å². The number of rotatable bonds is 2. The van der Waals surface area contributed by atoms with Crippen LogP contribution in [0.25, 0.3) is 0 Å². The Bertz CT molecular complexity index is 614. The van der Waals surface area contributed by atoms with Crippen LogP contribution in [-0.2, 0) is 16.1 Å². The number of hydrogen-bond acceptors (Lipinski definition) is 5. The first kappa shape index (κ1) is 20.0. The van der Waals surface area contributed by atoms with Crippen molar-refractivity contribution in [2.75, 3.05) is 19.6 Å². The summed E-state index contributed by atoms with van der Waals surface area (Å²) in [5.41, 5.74) is 0.266. The van der Waals surface area contributed by atoms with Crippen molar-refractivity contribution in [1.82, 2.24) is 9.80 Å². The zero-order valence-electron chi connectivity index (χ0n) is 15.8. The molecule has 2 rings (SSSR count). The molecule has 1 heterocycles. The van der Waals surface area contributed by atoms with Gasteiger partial charge in [0.25, 0.3) is 0 Å². The van der Waals surface area contributed by atoms with Gasteiger partial charge in [-0.3, -0.25) is 0 Å². The number of ether oxygens (including phenoxy) is 2. The van der Waals surface area contributed by atoms with E-state index in [2.05, 4.69) is 0 Å². The van der Waals surface area contributed by atoms with E-state index in [-0.39, 0.29) is 26.2 Å². The first-order valence-corrected chi connectivity index (χ1v) is 8.80. The van der Waals surface area contributed by atoms with Crippen LogP contribution in [0, 0.1) is 0 Å². The third-order valence-electron chi connectivity index (χ3n) is 4.16. The normalized spacial score (nSPS) is 21.1. The van der Waals surface area contributed by atoms with Crippen molar-refractivity contribution in [1.29, 1.82) is 0 Å². The molecule has 2 amide bonds. The Morgan fingerprint density at radius 2 is 1.81 bits per heavy atom. The largest absolute Gasteiger partial charge is 0.445 e. The van der Waals surface area contributed by atoms with E-state index in [4.69, 9.17) is 9.47 Å². The second kappa shape index (κ2) is 8.40. The van der Waals surface area contributed by atoms with E-state index in [1.54, 1.807) is 27.7 Å². The minimum Gasteiger partial charge on any atom is -0.445 e. The monoisotopic (exact) mass is 364 g/mol. The zero-order chi connectivity index (χ0) is 19.3. The van der Waals surface area contributed by atoms with Gasteiger partial charge in [0.15, 0.2) is 0 Å². The molecule has 0 bridgehead atoms. The molecule has 0 spiro atoms. The van der Waals surface area contributed by atoms with Crippen LogP contribution in [0.3, 0.4) is 0 Å². The van der Waals surface area contributed by atoms with E-state index in [1.807, 2.05) is 30.3 Å². The molecule has 0 aliphatic carbocycles. The van der Waals surface area contributed by atoms with Gasteiger partial charge < -0.3 is 24.4 Å². The summed E-state index contributed by atoms with van der Waals surface area (Å²) < 4.78 is 10.7. The maximum Gasteiger partial charge on any atom is 0.410 e. The van der Waals surface area contributed by atoms with Crippen molar-refractivity contribution in [3.63, 3.8) is 0 Å². The average molecular weight is 364 g/mol. The second-order valence-corrected chi connectivity index (χ2v) is 7.47. The molecular weight excluding hydrogens is 336 g/mol. The zero-order valence-corrected chi connectivity index (χ0v) is 15.8. The Kier molecular flexibility index (Phi) is 6.47. The summed E-state index contributed by atoms with van der Waals surface area (Å²) in [7, 11) is 0. The number of hydrogen-bond donors (Lipinski definition) is 1. The highest BCUT2D eigenvalue weighted by molar-refractivity contribution is 5.70. The molecule has 1 N–H and O–H groups in total. The van der Waals surface area contributed by atoms with Crippen molar-refractivity contribution >= 4 is 12.2 Å². The van der Waals surface area contributed by atoms with Crippen LogP contribution >= 0.6 is 0 Å². The predicted molar refractivity (Wildman–Crippen MR) is 96.6 cm³/mol. The van der Waals surface area contributed by atoms with Crippen LogP contribution in [0.15, 0.2) is 30.3 Å². The van der Waals surface area contributed by atoms with Gasteiger partial charge in [-0.1, -0.05) is 30.3 Å². The molecule has 144 valence electrons. The number of aliphatic hydroxyl groups is 1. The Hall–Kier alpha value is -2.28. The molecular formula is C19H28N2O5. The molecule has 1 unspecified atom stereocenters. The quantitative estimate of drug-likeness (QED) is 0.873. The van der Waals surface area contributed by atoms with Gasteiger partial charge in [-0.25, -0.2) is 9.59 Å². The van der Waals surface area contributed by atoms with Gasteiger partial charge in [0.1, 0.15) is 12.2 Å². The highest BCUT2D eigenvalue weighted by atomic mass is 16.6. The minimum atomic E-state index is -0.880. The highest BCUT2D eigenvalue weighted by Crippen LogP contribution is 2.17. The summed E-state index contributed by atoms with van der Waals surface area (Å²) in [6.07, 6.45) is -1.89. The van der Waals surface area contributed by atoms with Crippen LogP contribution in [0.2, 0.25) is 0 Å². The van der Waals surface area contributed by atoms with Gasteiger partial charge in [-0.15, -0.1) is 0 Å². The van der Waals surface area contributed by atoms with Gasteiger partial charge in [-0.05, 0) is 33.3 Å². The maximum atomic E-state index is 12.4. The second-order valence-electron chi connectivity index (χ2n) is 7.47. The third kappa shape index (κ3) is 5.62. The Labute approximate surface area is 154 Å². The SMILES string of the molecule is C[C@@H]1C(O)CN(C(=O)OCc2ccccc2)CCN1C(=O)OC(C)(C)C. The number of benzene rings is 1. The summed E-state index contributed by atoms with van der Waals surface area (Å²) in [6, 6.07) is 8.92. The van der Waals surface area contributed by atoms with E-state index in [0.29, 0.717) is 0 Å². The molecule has 1 aliphatic heterocycles. The fourth-order valence-corrected chi connectivity index (χ4v) is 2.66. The van der Waals surface area contributed by atoms with E-state index < -0.39 is 29.9 Å². The smallest absolute Gasteiger partial charge is 0.410 e. The Balaban J connectivity index is 1.96. The molecule has 26 heavy (non-hydrogen) atoms. The fourth-order valence-electron chi connectivity index (χ4n) is 2.66. The summed E-state index contributed by atoms with van der Waals surface area (Å²) in [4.78, 5) is 27.6. The first-order valence-electron chi connectivity index (χ1n) is 8.80. The van der Waals surface area contributed by atoms with Crippen molar-refractivity contribution in [2.45, 2.75) is 52.0 Å². The van der Waals surface area contributed by atoms with Crippen LogP contribution in [-0.4, -0.2) is 64.5 Å². The first-order chi connectivity index (χ1) is 12.2. The molecule has 1 aliphatic rings.